The van der Waals surface area contributed by atoms with Crippen molar-refractivity contribution in [2.24, 2.45) is 5.92 Å². The highest BCUT2D eigenvalue weighted by Crippen LogP contribution is 2.22. The van der Waals surface area contributed by atoms with E-state index in [0.717, 1.165) is 18.9 Å². The van der Waals surface area contributed by atoms with E-state index < -0.39 is 11.6 Å². The van der Waals surface area contributed by atoms with Crippen LogP contribution in [0, 0.1) is 21.1 Å². The maximum absolute atomic E-state index is 13.6. The van der Waals surface area contributed by atoms with Crippen LogP contribution in [0.5, 0.6) is 0 Å². The van der Waals surface area contributed by atoms with E-state index in [4.69, 9.17) is 0 Å². The fourth-order valence-electron chi connectivity index (χ4n) is 2.07. The van der Waals surface area contributed by atoms with E-state index in [2.05, 4.69) is 6.92 Å². The molecule has 2 rings (SSSR count). The van der Waals surface area contributed by atoms with E-state index in [1.54, 1.807) is 27.5 Å². The zero-order chi connectivity index (χ0) is 13.3. The summed E-state index contributed by atoms with van der Waals surface area (Å²) in [7, 11) is 0. The van der Waals surface area contributed by atoms with Gasteiger partial charge in [0.15, 0.2) is 0 Å². The average molecular weight is 365 g/mol. The molecular formula is C13H14F2INO. The van der Waals surface area contributed by atoms with Crippen LogP contribution >= 0.6 is 22.6 Å². The molecule has 1 fully saturated rings. The third kappa shape index (κ3) is 2.81. The quantitative estimate of drug-likeness (QED) is 0.552. The van der Waals surface area contributed by atoms with Gasteiger partial charge in [-0.05, 0) is 47.4 Å². The summed E-state index contributed by atoms with van der Waals surface area (Å²) < 4.78 is 27.0. The van der Waals surface area contributed by atoms with Gasteiger partial charge in [-0.15, -0.1) is 0 Å². The zero-order valence-electron chi connectivity index (χ0n) is 10.0. The number of piperidine rings is 1. The predicted octanol–water partition coefficient (Wildman–Crippen LogP) is 3.44. The Hall–Kier alpha value is -0.720. The van der Waals surface area contributed by atoms with Crippen LogP contribution in [0.15, 0.2) is 12.1 Å². The van der Waals surface area contributed by atoms with E-state index >= 15 is 0 Å². The van der Waals surface area contributed by atoms with Crippen molar-refractivity contribution < 1.29 is 13.6 Å². The Morgan fingerprint density at radius 1 is 1.28 bits per heavy atom. The van der Waals surface area contributed by atoms with E-state index in [-0.39, 0.29) is 15.0 Å². The molecule has 0 N–H and O–H groups in total. The second-order valence-corrected chi connectivity index (χ2v) is 5.88. The lowest BCUT2D eigenvalue weighted by Gasteiger charge is -2.30. The Morgan fingerprint density at radius 3 is 2.50 bits per heavy atom. The van der Waals surface area contributed by atoms with Crippen LogP contribution in [0.3, 0.4) is 0 Å². The molecule has 1 amide bonds. The molecule has 1 aromatic carbocycles. The van der Waals surface area contributed by atoms with Crippen molar-refractivity contribution in [2.45, 2.75) is 19.8 Å². The molecule has 5 heteroatoms. The molecule has 2 nitrogen and oxygen atoms in total. The zero-order valence-corrected chi connectivity index (χ0v) is 12.2. The van der Waals surface area contributed by atoms with Crippen molar-refractivity contribution in [3.63, 3.8) is 0 Å². The van der Waals surface area contributed by atoms with Gasteiger partial charge in [-0.2, -0.15) is 0 Å². The molecule has 0 aromatic heterocycles. The number of amides is 1. The van der Waals surface area contributed by atoms with Gasteiger partial charge in [0, 0.05) is 22.7 Å². The molecule has 1 aromatic rings. The minimum atomic E-state index is -0.781. The second-order valence-electron chi connectivity index (χ2n) is 4.72. The Kier molecular flexibility index (Phi) is 4.19. The fraction of sp³-hybridized carbons (Fsp3) is 0.462. The number of likely N-dealkylation sites (tertiary alicyclic amines) is 1. The first-order chi connectivity index (χ1) is 8.49. The van der Waals surface area contributed by atoms with Gasteiger partial charge in [0.05, 0.1) is 5.56 Å². The number of nitrogens with zero attached hydrogens (tertiary/aromatic N) is 1. The van der Waals surface area contributed by atoms with Crippen molar-refractivity contribution in [2.75, 3.05) is 13.1 Å². The lowest BCUT2D eigenvalue weighted by molar-refractivity contribution is 0.0692. The van der Waals surface area contributed by atoms with Gasteiger partial charge >= 0.3 is 0 Å². The Labute approximate surface area is 118 Å². The molecule has 18 heavy (non-hydrogen) atoms. The predicted molar refractivity (Wildman–Crippen MR) is 73.4 cm³/mol. The Bertz CT molecular complexity index is 470. The van der Waals surface area contributed by atoms with Crippen molar-refractivity contribution in [1.82, 2.24) is 4.90 Å². The van der Waals surface area contributed by atoms with Crippen LogP contribution in [0.1, 0.15) is 30.1 Å². The number of carbonyl (C=O) groups is 1. The van der Waals surface area contributed by atoms with Gasteiger partial charge in [0.2, 0.25) is 0 Å². The highest BCUT2D eigenvalue weighted by molar-refractivity contribution is 14.1. The summed E-state index contributed by atoms with van der Waals surface area (Å²) in [6.45, 7) is 3.43. The second kappa shape index (κ2) is 5.50. The first-order valence-electron chi connectivity index (χ1n) is 5.93. The number of benzene rings is 1. The largest absolute Gasteiger partial charge is 0.339 e. The number of hydrogen-bond donors (Lipinski definition) is 0. The summed E-state index contributed by atoms with van der Waals surface area (Å²) in [6, 6.07) is 2.06. The number of carbonyl (C=O) groups excluding carboxylic acids is 1. The molecule has 0 radical (unpaired) electrons. The molecule has 1 heterocycles. The van der Waals surface area contributed by atoms with E-state index in [1.165, 1.54) is 6.07 Å². The van der Waals surface area contributed by atoms with E-state index in [0.29, 0.717) is 19.0 Å². The van der Waals surface area contributed by atoms with E-state index in [1.807, 2.05) is 0 Å². The van der Waals surface area contributed by atoms with Gasteiger partial charge in [0.25, 0.3) is 5.91 Å². The molecule has 0 saturated carbocycles. The molecule has 0 aliphatic carbocycles. The van der Waals surface area contributed by atoms with Gasteiger partial charge in [0.1, 0.15) is 11.6 Å². The summed E-state index contributed by atoms with van der Waals surface area (Å²) in [6.07, 6.45) is 1.87. The maximum atomic E-state index is 13.6. The topological polar surface area (TPSA) is 20.3 Å². The summed E-state index contributed by atoms with van der Waals surface area (Å²) in [4.78, 5) is 13.8. The summed E-state index contributed by atoms with van der Waals surface area (Å²) in [5.41, 5.74) is -0.0321. The van der Waals surface area contributed by atoms with Gasteiger partial charge in [-0.1, -0.05) is 6.92 Å². The highest BCUT2D eigenvalue weighted by atomic mass is 127. The molecule has 1 aliphatic heterocycles. The standard InChI is InChI=1S/C13H14F2INO/c1-8-2-4-17(5-3-8)13(18)9-6-12(16)11(15)7-10(9)14/h6-8H,2-5H2,1H3. The first kappa shape index (κ1) is 13.7. The monoisotopic (exact) mass is 365 g/mol. The van der Waals surface area contributed by atoms with Gasteiger partial charge in [-0.3, -0.25) is 4.79 Å². The number of rotatable bonds is 1. The van der Waals surface area contributed by atoms with Crippen molar-refractivity contribution >= 4 is 28.5 Å². The summed E-state index contributed by atoms with van der Waals surface area (Å²) in [5, 5.41) is 0. The smallest absolute Gasteiger partial charge is 0.256 e. The minimum absolute atomic E-state index is 0.0321. The number of halogens is 3. The molecule has 0 spiro atoms. The van der Waals surface area contributed by atoms with Crippen LogP contribution in [0.2, 0.25) is 0 Å². The fourth-order valence-corrected chi connectivity index (χ4v) is 2.54. The first-order valence-corrected chi connectivity index (χ1v) is 7.00. The SMILES string of the molecule is CC1CCN(C(=O)c2cc(I)c(F)cc2F)CC1. The molecule has 0 atom stereocenters. The summed E-state index contributed by atoms with van der Waals surface area (Å²) >= 11 is 1.76. The van der Waals surface area contributed by atoms with Gasteiger partial charge in [-0.25, -0.2) is 8.78 Å². The average Bonchev–Trinajstić information content (AvgIpc) is 2.34. The third-order valence-electron chi connectivity index (χ3n) is 3.31. The van der Waals surface area contributed by atoms with Crippen LogP contribution in [0.25, 0.3) is 0 Å². The van der Waals surface area contributed by atoms with Crippen LogP contribution in [-0.2, 0) is 0 Å². The van der Waals surface area contributed by atoms with Crippen molar-refractivity contribution in [1.29, 1.82) is 0 Å². The van der Waals surface area contributed by atoms with Crippen LogP contribution in [0.4, 0.5) is 8.78 Å². The molecule has 1 aliphatic rings. The molecule has 1 saturated heterocycles. The van der Waals surface area contributed by atoms with Gasteiger partial charge < -0.3 is 4.90 Å². The van der Waals surface area contributed by atoms with Crippen LogP contribution < -0.4 is 0 Å². The minimum Gasteiger partial charge on any atom is -0.339 e. The highest BCUT2D eigenvalue weighted by Gasteiger charge is 2.24. The Balaban J connectivity index is 2.21. The lowest BCUT2D eigenvalue weighted by atomic mass is 9.98. The molecule has 0 bridgehead atoms. The molecular weight excluding hydrogens is 351 g/mol. The lowest BCUT2D eigenvalue weighted by Crippen LogP contribution is -2.38. The molecule has 0 unspecified atom stereocenters. The summed E-state index contributed by atoms with van der Waals surface area (Å²) in [5.74, 6) is -1.14. The van der Waals surface area contributed by atoms with Crippen LogP contribution in [-0.4, -0.2) is 23.9 Å². The van der Waals surface area contributed by atoms with Crippen molar-refractivity contribution in [3.8, 4) is 0 Å². The Morgan fingerprint density at radius 2 is 1.89 bits per heavy atom. The third-order valence-corrected chi connectivity index (χ3v) is 4.14. The molecule has 98 valence electrons. The normalized spacial score (nSPS) is 17.0. The van der Waals surface area contributed by atoms with E-state index in [9.17, 15) is 13.6 Å². The number of hydrogen-bond acceptors (Lipinski definition) is 1. The van der Waals surface area contributed by atoms with Crippen molar-refractivity contribution in [3.05, 3.63) is 32.9 Å². The maximum Gasteiger partial charge on any atom is 0.256 e.